The van der Waals surface area contributed by atoms with Gasteiger partial charge < -0.3 is 20.4 Å². The zero-order valence-corrected chi connectivity index (χ0v) is 18.8. The maximum absolute atomic E-state index is 14.5. The van der Waals surface area contributed by atoms with Gasteiger partial charge in [0.25, 0.3) is 11.8 Å². The summed E-state index contributed by atoms with van der Waals surface area (Å²) in [7, 11) is 0. The average molecular weight is 503 g/mol. The number of benzene rings is 1. The smallest absolute Gasteiger partial charge is 0.417 e. The summed E-state index contributed by atoms with van der Waals surface area (Å²) in [5, 5.41) is 9.42. The van der Waals surface area contributed by atoms with Crippen LogP contribution in [-0.4, -0.2) is 46.2 Å². The van der Waals surface area contributed by atoms with E-state index in [0.717, 1.165) is 37.4 Å². The van der Waals surface area contributed by atoms with Crippen molar-refractivity contribution in [3.63, 3.8) is 0 Å². The molecule has 0 bridgehead atoms. The number of nitrogens with zero attached hydrogens (tertiary/aromatic N) is 2. The molecule has 190 valence electrons. The summed E-state index contributed by atoms with van der Waals surface area (Å²) in [6.45, 7) is 3.26. The maximum atomic E-state index is 14.5. The van der Waals surface area contributed by atoms with Gasteiger partial charge in [-0.2, -0.15) is 22.3 Å². The molecule has 2 heterocycles. The summed E-state index contributed by atoms with van der Waals surface area (Å²) in [5.41, 5.74) is 1.65. The molecule has 1 aliphatic rings. The zero-order chi connectivity index (χ0) is 26.3. The molecule has 3 rings (SSSR count). The Morgan fingerprint density at radius 2 is 1.94 bits per heavy atom. The molecule has 0 saturated carbocycles. The SMILES string of the molecule is CCOc1c([C@@H]2[C@H](C(=O)N=c3ccn(O)c(C(N)=O)c3)O[C@@](C)(C(F)(F)F)[C@H]2C)ccc(F)c1F. The van der Waals surface area contributed by atoms with Crippen LogP contribution >= 0.6 is 0 Å². The fourth-order valence-corrected chi connectivity index (χ4v) is 4.04. The van der Waals surface area contributed by atoms with Crippen LogP contribution in [0, 0.1) is 17.6 Å². The Kier molecular flexibility index (Phi) is 6.93. The van der Waals surface area contributed by atoms with Crippen LogP contribution in [0.1, 0.15) is 42.7 Å². The van der Waals surface area contributed by atoms with Crippen molar-refractivity contribution >= 4 is 11.8 Å². The summed E-state index contributed by atoms with van der Waals surface area (Å²) >= 11 is 0. The summed E-state index contributed by atoms with van der Waals surface area (Å²) in [6, 6.07) is 3.81. The Morgan fingerprint density at radius 1 is 1.29 bits per heavy atom. The van der Waals surface area contributed by atoms with Crippen LogP contribution in [0.2, 0.25) is 0 Å². The standard InChI is InChI=1S/C22H22F5N3O5/c1-4-34-17-12(5-6-13(23)16(17)24)15-10(2)21(3,22(25,26)27)35-18(15)20(32)29-11-7-8-30(33)14(9-11)19(28)31/h5-10,15,18,33H,4H2,1-3H3,(H2,28,31)/t10-,15+,18+,21+/m0/s1. The number of ether oxygens (including phenoxy) is 2. The Morgan fingerprint density at radius 3 is 2.51 bits per heavy atom. The van der Waals surface area contributed by atoms with Gasteiger partial charge in [0.2, 0.25) is 5.82 Å². The molecule has 35 heavy (non-hydrogen) atoms. The molecule has 0 unspecified atom stereocenters. The second kappa shape index (κ2) is 9.29. The summed E-state index contributed by atoms with van der Waals surface area (Å²) in [5.74, 6) is -8.46. The van der Waals surface area contributed by atoms with Gasteiger partial charge in [-0.25, -0.2) is 9.38 Å². The van der Waals surface area contributed by atoms with E-state index in [1.807, 2.05) is 0 Å². The Bertz CT molecular complexity index is 1230. The van der Waals surface area contributed by atoms with Crippen LogP contribution in [0.5, 0.6) is 5.75 Å². The first-order valence-corrected chi connectivity index (χ1v) is 10.4. The molecule has 0 aliphatic carbocycles. The lowest BCUT2D eigenvalue weighted by atomic mass is 9.77. The third kappa shape index (κ3) is 4.59. The van der Waals surface area contributed by atoms with Gasteiger partial charge in [0.05, 0.1) is 12.0 Å². The lowest BCUT2D eigenvalue weighted by Crippen LogP contribution is -2.47. The number of rotatable bonds is 5. The average Bonchev–Trinajstić information content (AvgIpc) is 3.05. The Labute approximate surface area is 195 Å². The van der Waals surface area contributed by atoms with Gasteiger partial charge in [0, 0.05) is 23.6 Å². The number of alkyl halides is 3. The van der Waals surface area contributed by atoms with Crippen LogP contribution in [0.15, 0.2) is 35.5 Å². The number of carbonyl (C=O) groups excluding carboxylic acids is 2. The van der Waals surface area contributed by atoms with Crippen molar-refractivity contribution in [2.24, 2.45) is 16.6 Å². The van der Waals surface area contributed by atoms with Crippen LogP contribution < -0.4 is 15.8 Å². The predicted octanol–water partition coefficient (Wildman–Crippen LogP) is 3.07. The molecule has 13 heteroatoms. The normalized spacial score (nSPS) is 25.0. The summed E-state index contributed by atoms with van der Waals surface area (Å²) in [6.07, 6.45) is -5.86. The van der Waals surface area contributed by atoms with Crippen LogP contribution in [0.25, 0.3) is 0 Å². The van der Waals surface area contributed by atoms with Crippen molar-refractivity contribution in [1.29, 1.82) is 0 Å². The predicted molar refractivity (Wildman–Crippen MR) is 109 cm³/mol. The third-order valence-corrected chi connectivity index (χ3v) is 6.05. The van der Waals surface area contributed by atoms with Crippen molar-refractivity contribution in [1.82, 2.24) is 4.73 Å². The Hall–Kier alpha value is -3.48. The molecule has 1 saturated heterocycles. The first-order chi connectivity index (χ1) is 16.2. The number of halogens is 5. The van der Waals surface area contributed by atoms with Crippen molar-refractivity contribution in [3.05, 3.63) is 58.7 Å². The molecule has 1 fully saturated rings. The number of aromatic nitrogens is 1. The van der Waals surface area contributed by atoms with Crippen molar-refractivity contribution in [2.75, 3.05) is 6.61 Å². The minimum absolute atomic E-state index is 0.129. The van der Waals surface area contributed by atoms with Gasteiger partial charge in [-0.1, -0.05) is 13.0 Å². The third-order valence-electron chi connectivity index (χ3n) is 6.05. The van der Waals surface area contributed by atoms with Gasteiger partial charge in [-0.15, -0.1) is 0 Å². The van der Waals surface area contributed by atoms with E-state index in [9.17, 15) is 36.7 Å². The molecule has 2 amide bonds. The van der Waals surface area contributed by atoms with Crippen LogP contribution in [0.3, 0.4) is 0 Å². The minimum Gasteiger partial charge on any atom is -0.490 e. The fourth-order valence-electron chi connectivity index (χ4n) is 4.04. The lowest BCUT2D eigenvalue weighted by Gasteiger charge is -2.32. The monoisotopic (exact) mass is 503 g/mol. The highest BCUT2D eigenvalue weighted by Crippen LogP contribution is 2.55. The van der Waals surface area contributed by atoms with Crippen LogP contribution in [-0.2, 0) is 9.53 Å². The number of carbonyl (C=O) groups is 2. The zero-order valence-electron chi connectivity index (χ0n) is 18.8. The molecule has 2 aromatic rings. The first-order valence-electron chi connectivity index (χ1n) is 10.4. The Balaban J connectivity index is 2.19. The molecule has 1 aliphatic heterocycles. The number of primary amides is 1. The van der Waals surface area contributed by atoms with Crippen molar-refractivity contribution < 1.29 is 46.2 Å². The molecule has 1 aromatic carbocycles. The van der Waals surface area contributed by atoms with Gasteiger partial charge >= 0.3 is 6.18 Å². The lowest BCUT2D eigenvalue weighted by molar-refractivity contribution is -0.272. The largest absolute Gasteiger partial charge is 0.490 e. The highest BCUT2D eigenvalue weighted by molar-refractivity contribution is 5.91. The topological polar surface area (TPSA) is 116 Å². The highest BCUT2D eigenvalue weighted by atomic mass is 19.4. The molecular weight excluding hydrogens is 481 g/mol. The van der Waals surface area contributed by atoms with E-state index in [1.54, 1.807) is 0 Å². The van der Waals surface area contributed by atoms with E-state index < -0.39 is 64.6 Å². The van der Waals surface area contributed by atoms with Crippen LogP contribution in [0.4, 0.5) is 22.0 Å². The first kappa shape index (κ1) is 26.1. The molecule has 4 atom stereocenters. The molecule has 0 radical (unpaired) electrons. The van der Waals surface area contributed by atoms with E-state index in [1.165, 1.54) is 13.8 Å². The van der Waals surface area contributed by atoms with Crippen molar-refractivity contribution in [2.45, 2.75) is 44.6 Å². The fraction of sp³-hybridized carbons (Fsp3) is 0.409. The highest BCUT2D eigenvalue weighted by Gasteiger charge is 2.65. The molecule has 8 nitrogen and oxygen atoms in total. The van der Waals surface area contributed by atoms with E-state index in [4.69, 9.17) is 15.2 Å². The van der Waals surface area contributed by atoms with Gasteiger partial charge in [-0.3, -0.25) is 9.59 Å². The van der Waals surface area contributed by atoms with Crippen molar-refractivity contribution in [3.8, 4) is 5.75 Å². The molecule has 1 aromatic heterocycles. The number of hydrogen-bond donors (Lipinski definition) is 2. The number of amides is 2. The second-order valence-corrected chi connectivity index (χ2v) is 8.10. The van der Waals surface area contributed by atoms with E-state index in [2.05, 4.69) is 4.99 Å². The van der Waals surface area contributed by atoms with E-state index >= 15 is 0 Å². The quantitative estimate of drug-likeness (QED) is 0.481. The second-order valence-electron chi connectivity index (χ2n) is 8.10. The molecule has 3 N–H and O–H groups in total. The van der Waals surface area contributed by atoms with E-state index in [-0.39, 0.29) is 17.5 Å². The maximum Gasteiger partial charge on any atom is 0.417 e. The minimum atomic E-state index is -4.93. The summed E-state index contributed by atoms with van der Waals surface area (Å²) in [4.78, 5) is 28.3. The summed E-state index contributed by atoms with van der Waals surface area (Å²) < 4.78 is 81.3. The molecule has 0 spiro atoms. The van der Waals surface area contributed by atoms with Gasteiger partial charge in [-0.05, 0) is 32.0 Å². The molecular formula is C22H22F5N3O5. The van der Waals surface area contributed by atoms with E-state index in [0.29, 0.717) is 4.73 Å². The number of nitrogens with two attached hydrogens (primary N) is 1. The number of pyridine rings is 1. The van der Waals surface area contributed by atoms with Gasteiger partial charge in [0.15, 0.2) is 17.2 Å². The number of hydrogen-bond acceptors (Lipinski definition) is 5. The van der Waals surface area contributed by atoms with Gasteiger partial charge in [0.1, 0.15) is 11.8 Å².